The quantitative estimate of drug-likeness (QED) is 0.414. The fraction of sp³-hybridized carbons (Fsp3) is 0.462. The van der Waals surface area contributed by atoms with E-state index in [9.17, 15) is 18.0 Å². The zero-order valence-electron chi connectivity index (χ0n) is 21.1. The fourth-order valence-electron chi connectivity index (χ4n) is 4.36. The zero-order valence-corrected chi connectivity index (χ0v) is 24.2. The molecule has 0 heterocycles. The molecule has 1 saturated carbocycles. The number of benzene rings is 2. The molecule has 2 aromatic rings. The highest BCUT2D eigenvalue weighted by Crippen LogP contribution is 2.28. The first-order valence-electron chi connectivity index (χ1n) is 12.1. The highest BCUT2D eigenvalue weighted by atomic mass is 35.5. The second-order valence-corrected chi connectivity index (χ2v) is 12.6. The number of carbonyl (C=O) groups excluding carboxylic acids is 2. The van der Waals surface area contributed by atoms with E-state index in [4.69, 9.17) is 34.8 Å². The van der Waals surface area contributed by atoms with Gasteiger partial charge in [0.15, 0.2) is 0 Å². The summed E-state index contributed by atoms with van der Waals surface area (Å²) in [5.74, 6) is -0.892. The zero-order chi connectivity index (χ0) is 27.3. The van der Waals surface area contributed by atoms with Gasteiger partial charge in [-0.15, -0.1) is 0 Å². The maximum atomic E-state index is 13.7. The van der Waals surface area contributed by atoms with Gasteiger partial charge in [0.25, 0.3) is 0 Å². The molecule has 0 bridgehead atoms. The van der Waals surface area contributed by atoms with E-state index in [1.807, 2.05) is 0 Å². The normalized spacial score (nSPS) is 15.2. The summed E-state index contributed by atoms with van der Waals surface area (Å²) >= 11 is 19.0. The van der Waals surface area contributed by atoms with E-state index in [1.54, 1.807) is 44.2 Å². The lowest BCUT2D eigenvalue weighted by molar-refractivity contribution is -0.139. The van der Waals surface area contributed by atoms with Crippen LogP contribution in [0.4, 0.5) is 5.69 Å². The van der Waals surface area contributed by atoms with Crippen LogP contribution in [0.1, 0.15) is 50.2 Å². The van der Waals surface area contributed by atoms with Crippen molar-refractivity contribution >= 4 is 62.3 Å². The van der Waals surface area contributed by atoms with Crippen LogP contribution in [0.5, 0.6) is 0 Å². The molecule has 0 radical (unpaired) electrons. The molecule has 202 valence electrons. The molecule has 7 nitrogen and oxygen atoms in total. The van der Waals surface area contributed by atoms with Crippen molar-refractivity contribution in [3.8, 4) is 0 Å². The molecule has 1 aliphatic rings. The minimum atomic E-state index is -3.86. The Morgan fingerprint density at radius 2 is 1.65 bits per heavy atom. The topological polar surface area (TPSA) is 86.8 Å². The number of aryl methyl sites for hydroxylation is 1. The highest BCUT2D eigenvalue weighted by Gasteiger charge is 2.32. The first-order chi connectivity index (χ1) is 17.4. The average Bonchev–Trinajstić information content (AvgIpc) is 2.83. The van der Waals surface area contributed by atoms with Crippen LogP contribution < -0.4 is 9.62 Å². The maximum Gasteiger partial charge on any atom is 0.244 e. The predicted octanol–water partition coefficient (Wildman–Crippen LogP) is 5.59. The molecule has 1 N–H and O–H groups in total. The Labute approximate surface area is 234 Å². The molecule has 0 unspecified atom stereocenters. The molecule has 1 atom stereocenters. The Balaban J connectivity index is 1.93. The Morgan fingerprint density at radius 3 is 2.22 bits per heavy atom. The highest BCUT2D eigenvalue weighted by molar-refractivity contribution is 7.92. The number of rotatable bonds is 9. The summed E-state index contributed by atoms with van der Waals surface area (Å²) in [7, 11) is -3.86. The lowest BCUT2D eigenvalue weighted by Gasteiger charge is -2.33. The van der Waals surface area contributed by atoms with Gasteiger partial charge >= 0.3 is 0 Å². The van der Waals surface area contributed by atoms with Crippen molar-refractivity contribution in [2.24, 2.45) is 0 Å². The smallest absolute Gasteiger partial charge is 0.244 e. The van der Waals surface area contributed by atoms with Crippen molar-refractivity contribution in [3.05, 3.63) is 62.6 Å². The van der Waals surface area contributed by atoms with Crippen LogP contribution in [0, 0.1) is 6.92 Å². The van der Waals surface area contributed by atoms with E-state index in [0.717, 1.165) is 48.2 Å². The van der Waals surface area contributed by atoms with Gasteiger partial charge in [0, 0.05) is 33.2 Å². The molecule has 11 heteroatoms. The molecule has 2 amide bonds. The van der Waals surface area contributed by atoms with Gasteiger partial charge in [0.2, 0.25) is 21.8 Å². The Hall–Kier alpha value is -2.00. The third-order valence-electron chi connectivity index (χ3n) is 6.63. The van der Waals surface area contributed by atoms with Crippen molar-refractivity contribution < 1.29 is 18.0 Å². The summed E-state index contributed by atoms with van der Waals surface area (Å²) in [5, 5.41) is 4.11. The number of nitrogens with zero attached hydrogens (tertiary/aromatic N) is 2. The summed E-state index contributed by atoms with van der Waals surface area (Å²) in [4.78, 5) is 28.3. The van der Waals surface area contributed by atoms with Crippen LogP contribution in [-0.2, 0) is 26.2 Å². The molecule has 1 aliphatic carbocycles. The minimum absolute atomic E-state index is 0.0479. The number of carbonyl (C=O) groups is 2. The van der Waals surface area contributed by atoms with Gasteiger partial charge in [-0.1, -0.05) is 66.2 Å². The van der Waals surface area contributed by atoms with Crippen LogP contribution in [0.15, 0.2) is 36.4 Å². The molecular weight excluding hydrogens is 557 g/mol. The van der Waals surface area contributed by atoms with Crippen LogP contribution in [0.3, 0.4) is 0 Å². The van der Waals surface area contributed by atoms with Crippen LogP contribution in [-0.4, -0.2) is 50.0 Å². The fourth-order valence-corrected chi connectivity index (χ4v) is 5.89. The van der Waals surface area contributed by atoms with Gasteiger partial charge in [0.05, 0.1) is 11.9 Å². The number of hydrogen-bond donors (Lipinski definition) is 1. The summed E-state index contributed by atoms with van der Waals surface area (Å²) in [6.07, 6.45) is 6.02. The largest absolute Gasteiger partial charge is 0.352 e. The van der Waals surface area contributed by atoms with E-state index < -0.39 is 28.5 Å². The molecule has 37 heavy (non-hydrogen) atoms. The van der Waals surface area contributed by atoms with Gasteiger partial charge in [-0.3, -0.25) is 13.9 Å². The lowest BCUT2D eigenvalue weighted by atomic mass is 9.95. The summed E-state index contributed by atoms with van der Waals surface area (Å²) < 4.78 is 26.4. The van der Waals surface area contributed by atoms with Gasteiger partial charge in [0.1, 0.15) is 12.6 Å². The second kappa shape index (κ2) is 12.7. The summed E-state index contributed by atoms with van der Waals surface area (Å²) in [6.45, 7) is 2.82. The third kappa shape index (κ3) is 7.76. The Bertz CT molecular complexity index is 1230. The van der Waals surface area contributed by atoms with E-state index in [0.29, 0.717) is 20.6 Å². The molecule has 0 spiro atoms. The monoisotopic (exact) mass is 587 g/mol. The van der Waals surface area contributed by atoms with Crippen LogP contribution in [0.2, 0.25) is 15.1 Å². The number of amides is 2. The predicted molar refractivity (Wildman–Crippen MR) is 150 cm³/mol. The van der Waals surface area contributed by atoms with Crippen LogP contribution >= 0.6 is 34.8 Å². The number of sulfonamides is 1. The SMILES string of the molecule is Cc1ccc(N(CC(=O)N(Cc2c(Cl)cccc2Cl)[C@H](C)C(=O)NC2CCCCC2)S(C)(=O)=O)cc1Cl. The summed E-state index contributed by atoms with van der Waals surface area (Å²) in [5.41, 5.74) is 1.50. The molecule has 0 aliphatic heterocycles. The van der Waals surface area contributed by atoms with Crippen molar-refractivity contribution in [2.75, 3.05) is 17.1 Å². The van der Waals surface area contributed by atoms with Gasteiger partial charge < -0.3 is 10.2 Å². The molecule has 0 aromatic heterocycles. The summed E-state index contributed by atoms with van der Waals surface area (Å²) in [6, 6.07) is 8.90. The number of halogens is 3. The van der Waals surface area contributed by atoms with Crippen molar-refractivity contribution in [3.63, 3.8) is 0 Å². The molecule has 0 saturated heterocycles. The van der Waals surface area contributed by atoms with E-state index in [1.165, 1.54) is 11.0 Å². The number of anilines is 1. The first kappa shape index (κ1) is 29.6. The van der Waals surface area contributed by atoms with E-state index >= 15 is 0 Å². The second-order valence-electron chi connectivity index (χ2n) is 9.44. The van der Waals surface area contributed by atoms with Crippen molar-refractivity contribution in [1.82, 2.24) is 10.2 Å². The third-order valence-corrected chi connectivity index (χ3v) is 8.89. The van der Waals surface area contributed by atoms with Crippen molar-refractivity contribution in [1.29, 1.82) is 0 Å². The maximum absolute atomic E-state index is 13.7. The van der Waals surface area contributed by atoms with E-state index in [2.05, 4.69) is 5.32 Å². The number of hydrogen-bond acceptors (Lipinski definition) is 4. The molecule has 1 fully saturated rings. The molecule has 3 rings (SSSR count). The van der Waals surface area contributed by atoms with Gasteiger partial charge in [-0.2, -0.15) is 0 Å². The van der Waals surface area contributed by atoms with Crippen molar-refractivity contribution in [2.45, 2.75) is 64.6 Å². The minimum Gasteiger partial charge on any atom is -0.352 e. The molecular formula is C26H32Cl3N3O4S. The Kier molecular flexibility index (Phi) is 10.1. The standard InChI is InChI=1S/C26H32Cl3N3O4S/c1-17-12-13-20(14-24(17)29)32(37(3,35)36)16-25(33)31(15-21-22(27)10-7-11-23(21)28)18(2)26(34)30-19-8-5-4-6-9-19/h7,10-14,18-19H,4-6,8-9,15-16H2,1-3H3,(H,30,34)/t18-/m1/s1. The van der Waals surface area contributed by atoms with Crippen LogP contribution in [0.25, 0.3) is 0 Å². The van der Waals surface area contributed by atoms with E-state index in [-0.39, 0.29) is 24.2 Å². The lowest BCUT2D eigenvalue weighted by Crippen LogP contribution is -2.53. The Morgan fingerprint density at radius 1 is 1.03 bits per heavy atom. The number of nitrogens with one attached hydrogen (secondary N) is 1. The molecule has 2 aromatic carbocycles. The first-order valence-corrected chi connectivity index (χ1v) is 15.1. The van der Waals surface area contributed by atoms with Gasteiger partial charge in [-0.25, -0.2) is 8.42 Å². The van der Waals surface area contributed by atoms with Gasteiger partial charge in [-0.05, 0) is 56.5 Å². The average molecular weight is 589 g/mol.